The second-order valence-electron chi connectivity index (χ2n) is 6.23. The molecular formula is C18H21BrN2O3S. The molecule has 7 heteroatoms. The van der Waals surface area contributed by atoms with Gasteiger partial charge in [-0.2, -0.15) is 0 Å². The molecular weight excluding hydrogens is 404 g/mol. The molecule has 2 aromatic rings. The molecule has 25 heavy (non-hydrogen) atoms. The lowest BCUT2D eigenvalue weighted by molar-refractivity contribution is 0.0913. The Kier molecular flexibility index (Phi) is 6.22. The Morgan fingerprint density at radius 1 is 1.48 bits per heavy atom. The van der Waals surface area contributed by atoms with Gasteiger partial charge in [-0.1, -0.05) is 35.0 Å². The molecule has 134 valence electrons. The summed E-state index contributed by atoms with van der Waals surface area (Å²) in [4.78, 5) is 17.6. The van der Waals surface area contributed by atoms with E-state index in [-0.39, 0.29) is 30.6 Å². The van der Waals surface area contributed by atoms with E-state index in [1.807, 2.05) is 31.2 Å². The maximum Gasteiger partial charge on any atom is 0.263 e. The van der Waals surface area contributed by atoms with Gasteiger partial charge in [-0.05, 0) is 30.5 Å². The number of nitrogens with one attached hydrogen (secondary N) is 1. The number of aliphatic hydroxyl groups is 1. The van der Waals surface area contributed by atoms with Crippen molar-refractivity contribution in [2.75, 3.05) is 13.2 Å². The van der Waals surface area contributed by atoms with Crippen LogP contribution in [0.25, 0.3) is 0 Å². The average Bonchev–Trinajstić information content (AvgIpc) is 3.30. The molecule has 0 aliphatic carbocycles. The third-order valence-corrected chi connectivity index (χ3v) is 5.94. The van der Waals surface area contributed by atoms with Crippen molar-refractivity contribution >= 4 is 33.2 Å². The molecule has 1 amide bonds. The lowest BCUT2D eigenvalue weighted by Crippen LogP contribution is -2.33. The number of aliphatic hydroxyl groups excluding tert-OH is 1. The van der Waals surface area contributed by atoms with Gasteiger partial charge in [-0.15, -0.1) is 11.3 Å². The number of halogens is 1. The molecule has 0 unspecified atom stereocenters. The number of amides is 1. The Bertz CT molecular complexity index is 713. The van der Waals surface area contributed by atoms with Gasteiger partial charge in [0.1, 0.15) is 16.0 Å². The summed E-state index contributed by atoms with van der Waals surface area (Å²) < 4.78 is 6.60. The fourth-order valence-corrected chi connectivity index (χ4v) is 4.03. The van der Waals surface area contributed by atoms with Crippen molar-refractivity contribution < 1.29 is 14.6 Å². The number of carbonyl (C=O) groups excluding carboxylic acids is 1. The summed E-state index contributed by atoms with van der Waals surface area (Å²) in [6.45, 7) is 2.66. The fourth-order valence-electron chi connectivity index (χ4n) is 2.86. The Morgan fingerprint density at radius 2 is 2.24 bits per heavy atom. The first-order valence-electron chi connectivity index (χ1n) is 8.33. The van der Waals surface area contributed by atoms with E-state index in [0.29, 0.717) is 4.88 Å². The van der Waals surface area contributed by atoms with Crippen LogP contribution in [0.1, 0.15) is 52.2 Å². The molecule has 1 aliphatic heterocycles. The van der Waals surface area contributed by atoms with E-state index in [0.717, 1.165) is 34.5 Å². The fraction of sp³-hybridized carbons (Fsp3) is 0.444. The third kappa shape index (κ3) is 4.47. The van der Waals surface area contributed by atoms with E-state index in [1.165, 1.54) is 11.3 Å². The van der Waals surface area contributed by atoms with E-state index in [2.05, 4.69) is 26.2 Å². The van der Waals surface area contributed by atoms with Crippen LogP contribution in [0.3, 0.4) is 0 Å². The van der Waals surface area contributed by atoms with E-state index in [9.17, 15) is 9.90 Å². The van der Waals surface area contributed by atoms with E-state index in [4.69, 9.17) is 4.74 Å². The molecule has 1 aliphatic rings. The third-order valence-electron chi connectivity index (χ3n) is 4.33. The second-order valence-corrected chi connectivity index (χ2v) is 8.20. The van der Waals surface area contributed by atoms with Gasteiger partial charge in [0.05, 0.1) is 12.2 Å². The van der Waals surface area contributed by atoms with Crippen molar-refractivity contribution in [1.29, 1.82) is 0 Å². The van der Waals surface area contributed by atoms with Crippen LogP contribution in [-0.4, -0.2) is 29.2 Å². The van der Waals surface area contributed by atoms with Gasteiger partial charge >= 0.3 is 0 Å². The molecule has 0 bridgehead atoms. The first-order valence-corrected chi connectivity index (χ1v) is 9.94. The zero-order chi connectivity index (χ0) is 17.8. The number of benzene rings is 1. The minimum absolute atomic E-state index is 0.00906. The number of ether oxygens (including phenoxy) is 1. The Hall–Kier alpha value is -1.28. The zero-order valence-electron chi connectivity index (χ0n) is 13.9. The summed E-state index contributed by atoms with van der Waals surface area (Å²) >= 11 is 4.80. The molecule has 2 N–H and O–H groups in total. The van der Waals surface area contributed by atoms with Crippen LogP contribution in [-0.2, 0) is 4.74 Å². The Morgan fingerprint density at radius 3 is 2.88 bits per heavy atom. The highest BCUT2D eigenvalue weighted by atomic mass is 79.9. The molecule has 0 saturated carbocycles. The van der Waals surface area contributed by atoms with Crippen molar-refractivity contribution in [3.05, 3.63) is 50.4 Å². The van der Waals surface area contributed by atoms with Crippen LogP contribution in [0.2, 0.25) is 0 Å². The van der Waals surface area contributed by atoms with Gasteiger partial charge in [0.2, 0.25) is 0 Å². The number of carbonyl (C=O) groups is 1. The van der Waals surface area contributed by atoms with Crippen LogP contribution in [0.5, 0.6) is 0 Å². The first-order chi connectivity index (χ1) is 12.1. The molecule has 1 saturated heterocycles. The van der Waals surface area contributed by atoms with Crippen LogP contribution < -0.4 is 5.32 Å². The number of nitrogens with zero attached hydrogens (tertiary/aromatic N) is 1. The molecule has 5 nitrogen and oxygen atoms in total. The van der Waals surface area contributed by atoms with Crippen LogP contribution >= 0.6 is 27.3 Å². The van der Waals surface area contributed by atoms with Crippen LogP contribution in [0.15, 0.2) is 34.9 Å². The molecule has 1 aromatic heterocycles. The summed E-state index contributed by atoms with van der Waals surface area (Å²) in [5.74, 6) is -0.273. The monoisotopic (exact) mass is 424 g/mol. The maximum absolute atomic E-state index is 12.7. The highest BCUT2D eigenvalue weighted by molar-refractivity contribution is 9.10. The zero-order valence-corrected chi connectivity index (χ0v) is 16.3. The van der Waals surface area contributed by atoms with E-state index >= 15 is 0 Å². The molecule has 1 fully saturated rings. The largest absolute Gasteiger partial charge is 0.396 e. The summed E-state index contributed by atoms with van der Waals surface area (Å²) in [5.41, 5.74) is 0.960. The Balaban J connectivity index is 1.74. The van der Waals surface area contributed by atoms with E-state index in [1.54, 1.807) is 6.20 Å². The normalized spacial score (nSPS) is 19.6. The summed E-state index contributed by atoms with van der Waals surface area (Å²) in [5, 5.41) is 13.5. The lowest BCUT2D eigenvalue weighted by Gasteiger charge is -2.24. The highest BCUT2D eigenvalue weighted by Gasteiger charge is 2.25. The average molecular weight is 425 g/mol. The highest BCUT2D eigenvalue weighted by Crippen LogP contribution is 2.32. The van der Waals surface area contributed by atoms with Gasteiger partial charge in [0.25, 0.3) is 5.91 Å². The molecule has 2 heterocycles. The topological polar surface area (TPSA) is 71.5 Å². The number of thiazole rings is 1. The quantitative estimate of drug-likeness (QED) is 0.738. The molecule has 3 rings (SSSR count). The summed E-state index contributed by atoms with van der Waals surface area (Å²) in [6, 6.07) is 7.50. The molecule has 0 radical (unpaired) electrons. The predicted molar refractivity (Wildman–Crippen MR) is 101 cm³/mol. The van der Waals surface area contributed by atoms with Crippen molar-refractivity contribution in [1.82, 2.24) is 10.3 Å². The summed E-state index contributed by atoms with van der Waals surface area (Å²) in [6.07, 6.45) is 3.62. The Labute approximate surface area is 159 Å². The van der Waals surface area contributed by atoms with Crippen molar-refractivity contribution in [2.24, 2.45) is 5.92 Å². The van der Waals surface area contributed by atoms with Crippen molar-refractivity contribution in [3.63, 3.8) is 0 Å². The predicted octanol–water partition coefficient (Wildman–Crippen LogP) is 3.86. The maximum atomic E-state index is 12.7. The number of aromatic nitrogens is 1. The van der Waals surface area contributed by atoms with Gasteiger partial charge in [0, 0.05) is 23.6 Å². The van der Waals surface area contributed by atoms with Crippen LogP contribution in [0, 0.1) is 5.92 Å². The van der Waals surface area contributed by atoms with Gasteiger partial charge in [-0.25, -0.2) is 4.98 Å². The SMILES string of the molecule is C[C@H](CO)[C@H](NC(=O)c1cnc([C@H]2CCCO2)s1)c1ccc(Br)cc1. The smallest absolute Gasteiger partial charge is 0.263 e. The van der Waals surface area contributed by atoms with Gasteiger partial charge < -0.3 is 15.2 Å². The van der Waals surface area contributed by atoms with Crippen molar-refractivity contribution in [2.45, 2.75) is 31.9 Å². The minimum Gasteiger partial charge on any atom is -0.396 e. The standard InChI is InChI=1S/C18H21BrN2O3S/c1-11(10-22)16(12-4-6-13(19)7-5-12)21-17(23)15-9-20-18(25-15)14-3-2-8-24-14/h4-7,9,11,14,16,22H,2-3,8,10H2,1H3,(H,21,23)/t11-,14-,16+/m1/s1. The lowest BCUT2D eigenvalue weighted by atomic mass is 9.95. The first kappa shape index (κ1) is 18.5. The van der Waals surface area contributed by atoms with Gasteiger partial charge in [0.15, 0.2) is 0 Å². The number of rotatable bonds is 6. The minimum atomic E-state index is -0.265. The van der Waals surface area contributed by atoms with Crippen LogP contribution in [0.4, 0.5) is 0 Å². The molecule has 0 spiro atoms. The molecule has 1 aromatic carbocycles. The number of hydrogen-bond donors (Lipinski definition) is 2. The number of hydrogen-bond acceptors (Lipinski definition) is 5. The molecule has 3 atom stereocenters. The van der Waals surface area contributed by atoms with E-state index < -0.39 is 0 Å². The van der Waals surface area contributed by atoms with Gasteiger partial charge in [-0.3, -0.25) is 4.79 Å². The van der Waals surface area contributed by atoms with Crippen molar-refractivity contribution in [3.8, 4) is 0 Å². The second kappa shape index (κ2) is 8.40. The summed E-state index contributed by atoms with van der Waals surface area (Å²) in [7, 11) is 0.